The van der Waals surface area contributed by atoms with Crippen molar-refractivity contribution in [3.8, 4) is 22.7 Å². The minimum absolute atomic E-state index is 0.467. The SMILES string of the molecule is Cc1c(C(N)=O)cc(-c2cc(-c3ccc(Cl)cc3Cl)no2)n1CCCN1CCOCC1. The first-order valence-corrected chi connectivity index (χ1v) is 10.9. The van der Waals surface area contributed by atoms with Crippen LogP contribution in [0.15, 0.2) is 34.9 Å². The Bertz CT molecular complexity index is 1090. The Balaban J connectivity index is 1.60. The first kappa shape index (κ1) is 21.9. The van der Waals surface area contributed by atoms with Crippen LogP contribution in [0.4, 0.5) is 0 Å². The molecule has 4 rings (SSSR count). The molecule has 2 N–H and O–H groups in total. The van der Waals surface area contributed by atoms with Crippen molar-refractivity contribution >= 4 is 29.1 Å². The number of carbonyl (C=O) groups is 1. The maximum absolute atomic E-state index is 12.0. The van der Waals surface area contributed by atoms with Crippen LogP contribution in [0.1, 0.15) is 22.5 Å². The molecule has 0 bridgehead atoms. The largest absolute Gasteiger partial charge is 0.379 e. The molecule has 1 aromatic carbocycles. The fourth-order valence-corrected chi connectivity index (χ4v) is 4.39. The lowest BCUT2D eigenvalue weighted by molar-refractivity contribution is 0.0369. The summed E-state index contributed by atoms with van der Waals surface area (Å²) >= 11 is 12.3. The summed E-state index contributed by atoms with van der Waals surface area (Å²) in [5, 5.41) is 5.22. The van der Waals surface area contributed by atoms with E-state index in [4.69, 9.17) is 38.2 Å². The number of primary amides is 1. The standard InChI is InChI=1S/C22H24Cl2N4O3/c1-14-17(22(25)29)12-20(28(14)6-2-5-27-7-9-30-10-8-27)21-13-19(26-31-21)16-4-3-15(23)11-18(16)24/h3-4,11-13H,2,5-10H2,1H3,(H2,25,29). The van der Waals surface area contributed by atoms with E-state index in [9.17, 15) is 4.79 Å². The molecule has 1 fully saturated rings. The maximum Gasteiger partial charge on any atom is 0.250 e. The summed E-state index contributed by atoms with van der Waals surface area (Å²) in [7, 11) is 0. The lowest BCUT2D eigenvalue weighted by atomic mass is 10.1. The van der Waals surface area contributed by atoms with Crippen LogP contribution in [-0.2, 0) is 11.3 Å². The summed E-state index contributed by atoms with van der Waals surface area (Å²) in [4.78, 5) is 14.3. The van der Waals surface area contributed by atoms with Gasteiger partial charge in [0.2, 0.25) is 0 Å². The second-order valence-corrected chi connectivity index (χ2v) is 8.40. The molecule has 1 amide bonds. The van der Waals surface area contributed by atoms with E-state index in [1.807, 2.05) is 13.0 Å². The highest BCUT2D eigenvalue weighted by molar-refractivity contribution is 6.36. The monoisotopic (exact) mass is 462 g/mol. The van der Waals surface area contributed by atoms with Crippen molar-refractivity contribution in [1.29, 1.82) is 0 Å². The van der Waals surface area contributed by atoms with E-state index < -0.39 is 5.91 Å². The van der Waals surface area contributed by atoms with Crippen LogP contribution in [0.25, 0.3) is 22.7 Å². The summed E-state index contributed by atoms with van der Waals surface area (Å²) in [5.41, 5.74) is 8.96. The number of amides is 1. The number of aromatic nitrogens is 2. The van der Waals surface area contributed by atoms with Gasteiger partial charge in [-0.05, 0) is 37.6 Å². The van der Waals surface area contributed by atoms with Gasteiger partial charge in [-0.15, -0.1) is 0 Å². The van der Waals surface area contributed by atoms with Gasteiger partial charge < -0.3 is 19.6 Å². The smallest absolute Gasteiger partial charge is 0.250 e. The lowest BCUT2D eigenvalue weighted by Crippen LogP contribution is -2.37. The van der Waals surface area contributed by atoms with Crippen molar-refractivity contribution in [2.75, 3.05) is 32.8 Å². The molecule has 1 aliphatic rings. The fourth-order valence-electron chi connectivity index (χ4n) is 3.88. The van der Waals surface area contributed by atoms with E-state index in [0.29, 0.717) is 27.1 Å². The fraction of sp³-hybridized carbons (Fsp3) is 0.364. The Labute approximate surface area is 190 Å². The van der Waals surface area contributed by atoms with E-state index in [1.165, 1.54) is 0 Å². The molecular formula is C22H24Cl2N4O3. The average Bonchev–Trinajstić information content (AvgIpc) is 3.34. The van der Waals surface area contributed by atoms with Crippen LogP contribution in [0.2, 0.25) is 10.0 Å². The van der Waals surface area contributed by atoms with Gasteiger partial charge in [0.05, 0.1) is 29.5 Å². The minimum Gasteiger partial charge on any atom is -0.379 e. The molecule has 9 heteroatoms. The molecule has 0 spiro atoms. The Morgan fingerprint density at radius 1 is 1.16 bits per heavy atom. The lowest BCUT2D eigenvalue weighted by Gasteiger charge is -2.26. The van der Waals surface area contributed by atoms with Crippen LogP contribution in [0, 0.1) is 6.92 Å². The van der Waals surface area contributed by atoms with Gasteiger partial charge >= 0.3 is 0 Å². The van der Waals surface area contributed by atoms with Gasteiger partial charge in [-0.3, -0.25) is 9.69 Å². The van der Waals surface area contributed by atoms with Crippen molar-refractivity contribution in [3.05, 3.63) is 51.6 Å². The van der Waals surface area contributed by atoms with Crippen molar-refractivity contribution in [2.24, 2.45) is 5.73 Å². The van der Waals surface area contributed by atoms with E-state index in [1.54, 1.807) is 24.3 Å². The normalized spacial score (nSPS) is 14.8. The van der Waals surface area contributed by atoms with Gasteiger partial charge in [-0.25, -0.2) is 0 Å². The summed E-state index contributed by atoms with van der Waals surface area (Å²) in [6.45, 7) is 7.00. The zero-order chi connectivity index (χ0) is 22.0. The number of nitrogens with two attached hydrogens (primary N) is 1. The highest BCUT2D eigenvalue weighted by Crippen LogP contribution is 2.33. The van der Waals surface area contributed by atoms with Gasteiger partial charge in [-0.1, -0.05) is 28.4 Å². The molecule has 164 valence electrons. The third kappa shape index (κ3) is 4.80. The number of benzene rings is 1. The van der Waals surface area contributed by atoms with Crippen LogP contribution in [0.3, 0.4) is 0 Å². The van der Waals surface area contributed by atoms with Crippen LogP contribution in [0.5, 0.6) is 0 Å². The molecular weight excluding hydrogens is 439 g/mol. The molecule has 2 aromatic heterocycles. The Morgan fingerprint density at radius 3 is 2.65 bits per heavy atom. The number of ether oxygens (including phenoxy) is 1. The third-order valence-electron chi connectivity index (χ3n) is 5.56. The molecule has 7 nitrogen and oxygen atoms in total. The zero-order valence-corrected chi connectivity index (χ0v) is 18.7. The van der Waals surface area contributed by atoms with Crippen LogP contribution < -0.4 is 5.73 Å². The van der Waals surface area contributed by atoms with Crippen LogP contribution >= 0.6 is 23.2 Å². The number of hydrogen-bond acceptors (Lipinski definition) is 5. The highest BCUT2D eigenvalue weighted by atomic mass is 35.5. The first-order chi connectivity index (χ1) is 14.9. The molecule has 3 aromatic rings. The first-order valence-electron chi connectivity index (χ1n) is 10.2. The highest BCUT2D eigenvalue weighted by Gasteiger charge is 2.21. The van der Waals surface area contributed by atoms with Gasteiger partial charge in [0.15, 0.2) is 5.76 Å². The summed E-state index contributed by atoms with van der Waals surface area (Å²) in [6, 6.07) is 8.79. The molecule has 0 radical (unpaired) electrons. The summed E-state index contributed by atoms with van der Waals surface area (Å²) in [6.07, 6.45) is 0.921. The number of morpholine rings is 1. The predicted octanol–water partition coefficient (Wildman–Crippen LogP) is 4.25. The van der Waals surface area contributed by atoms with Crippen molar-refractivity contribution in [1.82, 2.24) is 14.6 Å². The average molecular weight is 463 g/mol. The van der Waals surface area contributed by atoms with E-state index in [-0.39, 0.29) is 0 Å². The molecule has 0 aliphatic carbocycles. The minimum atomic E-state index is -0.467. The Morgan fingerprint density at radius 2 is 1.94 bits per heavy atom. The topological polar surface area (TPSA) is 86.5 Å². The van der Waals surface area contributed by atoms with Gasteiger partial charge in [-0.2, -0.15) is 0 Å². The van der Waals surface area contributed by atoms with E-state index in [0.717, 1.165) is 62.8 Å². The van der Waals surface area contributed by atoms with Crippen molar-refractivity contribution in [3.63, 3.8) is 0 Å². The maximum atomic E-state index is 12.0. The third-order valence-corrected chi connectivity index (χ3v) is 6.11. The number of hydrogen-bond donors (Lipinski definition) is 1. The summed E-state index contributed by atoms with van der Waals surface area (Å²) in [5.74, 6) is 0.0779. The van der Waals surface area contributed by atoms with E-state index >= 15 is 0 Å². The quantitative estimate of drug-likeness (QED) is 0.566. The number of halogens is 2. The Kier molecular flexibility index (Phi) is 6.67. The number of nitrogens with zero attached hydrogens (tertiary/aromatic N) is 3. The summed E-state index contributed by atoms with van der Waals surface area (Å²) < 4.78 is 13.1. The molecule has 0 unspecified atom stereocenters. The Hall–Kier alpha value is -2.32. The zero-order valence-electron chi connectivity index (χ0n) is 17.2. The molecule has 31 heavy (non-hydrogen) atoms. The van der Waals surface area contributed by atoms with E-state index in [2.05, 4.69) is 14.6 Å². The number of rotatable bonds is 7. The second kappa shape index (κ2) is 9.44. The van der Waals surface area contributed by atoms with Crippen molar-refractivity contribution in [2.45, 2.75) is 19.9 Å². The number of carbonyl (C=O) groups excluding carboxylic acids is 1. The molecule has 1 saturated heterocycles. The predicted molar refractivity (Wildman–Crippen MR) is 121 cm³/mol. The molecule has 0 atom stereocenters. The van der Waals surface area contributed by atoms with Crippen molar-refractivity contribution < 1.29 is 14.1 Å². The van der Waals surface area contributed by atoms with Gasteiger partial charge in [0, 0.05) is 48.5 Å². The molecule has 3 heterocycles. The molecule has 1 aliphatic heterocycles. The van der Waals surface area contributed by atoms with Gasteiger partial charge in [0.1, 0.15) is 5.69 Å². The second-order valence-electron chi connectivity index (χ2n) is 7.55. The molecule has 0 saturated carbocycles. The van der Waals surface area contributed by atoms with Crippen LogP contribution in [-0.4, -0.2) is 53.4 Å². The van der Waals surface area contributed by atoms with Gasteiger partial charge in [0.25, 0.3) is 5.91 Å².